The molecule has 0 aliphatic carbocycles. The molecule has 10 heavy (non-hydrogen) atoms. The smallest absolute Gasteiger partial charge is 0.0834 e. The van der Waals surface area contributed by atoms with Crippen molar-refractivity contribution in [3.63, 3.8) is 0 Å². The number of halogens is 3. The van der Waals surface area contributed by atoms with Crippen molar-refractivity contribution in [1.29, 1.82) is 0 Å². The van der Waals surface area contributed by atoms with E-state index in [0.29, 0.717) is 0 Å². The van der Waals surface area contributed by atoms with Crippen LogP contribution in [0.3, 0.4) is 0 Å². The van der Waals surface area contributed by atoms with Gasteiger partial charge in [0.25, 0.3) is 0 Å². The van der Waals surface area contributed by atoms with E-state index in [9.17, 15) is 0 Å². The van der Waals surface area contributed by atoms with E-state index in [1.54, 1.807) is 6.42 Å². The highest BCUT2D eigenvalue weighted by atomic mass is 35.6. The minimum Gasteiger partial charge on any atom is -0.0834 e. The second kappa shape index (κ2) is 5.51. The molecule has 0 aromatic rings. The zero-order valence-electron chi connectivity index (χ0n) is 6.04. The Morgan fingerprint density at radius 2 is 1.80 bits per heavy atom. The molecule has 0 aliphatic heterocycles. The standard InChI is InChI=1S/C7H12Cl3/c1-2-3-4-5-6-7(8,9)10/h6H,2-5H2,1H3. The molecule has 0 nitrogen and oxygen atoms in total. The Morgan fingerprint density at radius 1 is 1.20 bits per heavy atom. The zero-order chi connectivity index (χ0) is 8.04. The van der Waals surface area contributed by atoms with Gasteiger partial charge in [-0.1, -0.05) is 61.0 Å². The van der Waals surface area contributed by atoms with E-state index in [-0.39, 0.29) is 0 Å². The van der Waals surface area contributed by atoms with Gasteiger partial charge in [0.1, 0.15) is 0 Å². The Balaban J connectivity index is 3.04. The highest BCUT2D eigenvalue weighted by molar-refractivity contribution is 6.68. The molecule has 0 N–H and O–H groups in total. The SMILES string of the molecule is CCCCC[CH]C(Cl)(Cl)Cl. The molecule has 0 bridgehead atoms. The van der Waals surface area contributed by atoms with Crippen molar-refractivity contribution in [1.82, 2.24) is 0 Å². The van der Waals surface area contributed by atoms with Crippen molar-refractivity contribution in [2.45, 2.75) is 36.4 Å². The molecule has 0 atom stereocenters. The van der Waals surface area contributed by atoms with Gasteiger partial charge in [-0.2, -0.15) is 0 Å². The third-order valence-corrected chi connectivity index (χ3v) is 1.65. The molecule has 1 radical (unpaired) electrons. The maximum absolute atomic E-state index is 5.49. The number of unbranched alkanes of at least 4 members (excludes halogenated alkanes) is 3. The highest BCUT2D eigenvalue weighted by Crippen LogP contribution is 2.31. The lowest BCUT2D eigenvalue weighted by Gasteiger charge is -2.08. The summed E-state index contributed by atoms with van der Waals surface area (Å²) in [6.45, 7) is 2.15. The van der Waals surface area contributed by atoms with Crippen LogP contribution >= 0.6 is 34.8 Å². The van der Waals surface area contributed by atoms with Crippen LogP contribution in [-0.2, 0) is 0 Å². The third kappa shape index (κ3) is 8.87. The van der Waals surface area contributed by atoms with E-state index in [1.165, 1.54) is 12.8 Å². The molecule has 3 heteroatoms. The summed E-state index contributed by atoms with van der Waals surface area (Å²) in [6.07, 6.45) is 6.13. The van der Waals surface area contributed by atoms with Gasteiger partial charge in [0.2, 0.25) is 0 Å². The van der Waals surface area contributed by atoms with Gasteiger partial charge in [-0.15, -0.1) is 0 Å². The number of rotatable bonds is 4. The first-order valence-corrected chi connectivity index (χ1v) is 4.60. The first-order valence-electron chi connectivity index (χ1n) is 3.47. The number of hydrogen-bond donors (Lipinski definition) is 0. The predicted octanol–water partition coefficient (Wildman–Crippen LogP) is 4.14. The molecule has 0 aromatic carbocycles. The van der Waals surface area contributed by atoms with Crippen molar-refractivity contribution >= 4 is 34.8 Å². The van der Waals surface area contributed by atoms with Gasteiger partial charge in [0, 0.05) is 6.42 Å². The fourth-order valence-electron chi connectivity index (χ4n) is 0.660. The Labute approximate surface area is 77.8 Å². The van der Waals surface area contributed by atoms with Crippen LogP contribution in [0.2, 0.25) is 0 Å². The maximum atomic E-state index is 5.49. The van der Waals surface area contributed by atoms with E-state index in [1.807, 2.05) is 0 Å². The van der Waals surface area contributed by atoms with Gasteiger partial charge in [0.05, 0.1) is 0 Å². The van der Waals surface area contributed by atoms with E-state index in [0.717, 1.165) is 12.8 Å². The molecule has 0 aromatic heterocycles. The molecule has 0 unspecified atom stereocenters. The summed E-state index contributed by atoms with van der Waals surface area (Å²) >= 11 is 16.5. The van der Waals surface area contributed by atoms with Crippen molar-refractivity contribution in [2.75, 3.05) is 0 Å². The highest BCUT2D eigenvalue weighted by Gasteiger charge is 2.18. The van der Waals surface area contributed by atoms with Crippen LogP contribution in [0.25, 0.3) is 0 Å². The van der Waals surface area contributed by atoms with Crippen LogP contribution in [0.1, 0.15) is 32.6 Å². The fraction of sp³-hybridized carbons (Fsp3) is 0.857. The van der Waals surface area contributed by atoms with Gasteiger partial charge in [-0.05, 0) is 6.42 Å². The molecular weight excluding hydrogens is 190 g/mol. The molecule has 0 spiro atoms. The third-order valence-electron chi connectivity index (χ3n) is 1.18. The van der Waals surface area contributed by atoms with E-state index in [4.69, 9.17) is 34.8 Å². The number of hydrogen-bond acceptors (Lipinski definition) is 0. The summed E-state index contributed by atoms with van der Waals surface area (Å²) in [4.78, 5) is 0. The molecule has 0 heterocycles. The van der Waals surface area contributed by atoms with Gasteiger partial charge in [0.15, 0.2) is 3.79 Å². The second-order valence-electron chi connectivity index (χ2n) is 2.24. The molecule has 61 valence electrons. The zero-order valence-corrected chi connectivity index (χ0v) is 8.31. The van der Waals surface area contributed by atoms with Crippen LogP contribution in [0, 0.1) is 6.42 Å². The molecule has 0 saturated carbocycles. The molecule has 0 rings (SSSR count). The summed E-state index contributed by atoms with van der Waals surface area (Å²) in [5.41, 5.74) is 0. The first-order chi connectivity index (χ1) is 4.56. The molecule has 0 aliphatic rings. The van der Waals surface area contributed by atoms with Crippen molar-refractivity contribution in [3.8, 4) is 0 Å². The van der Waals surface area contributed by atoms with Crippen LogP contribution in [0.4, 0.5) is 0 Å². The Hall–Kier alpha value is 0.870. The van der Waals surface area contributed by atoms with Gasteiger partial charge >= 0.3 is 0 Å². The van der Waals surface area contributed by atoms with E-state index < -0.39 is 3.79 Å². The largest absolute Gasteiger partial charge is 0.193 e. The second-order valence-corrected chi connectivity index (χ2v) is 4.61. The molecule has 0 fully saturated rings. The van der Waals surface area contributed by atoms with E-state index >= 15 is 0 Å². The van der Waals surface area contributed by atoms with E-state index in [2.05, 4.69) is 6.92 Å². The van der Waals surface area contributed by atoms with Crippen LogP contribution in [-0.4, -0.2) is 3.79 Å². The van der Waals surface area contributed by atoms with Gasteiger partial charge in [-0.3, -0.25) is 0 Å². The van der Waals surface area contributed by atoms with Gasteiger partial charge in [-0.25, -0.2) is 0 Å². The van der Waals surface area contributed by atoms with Gasteiger partial charge < -0.3 is 0 Å². The summed E-state index contributed by atoms with van der Waals surface area (Å²) in [5.74, 6) is 0. The summed E-state index contributed by atoms with van der Waals surface area (Å²) in [7, 11) is 0. The Morgan fingerprint density at radius 3 is 2.20 bits per heavy atom. The fourth-order valence-corrected chi connectivity index (χ4v) is 0.987. The Bertz CT molecular complexity index is 75.4. The van der Waals surface area contributed by atoms with Crippen molar-refractivity contribution in [2.24, 2.45) is 0 Å². The monoisotopic (exact) mass is 201 g/mol. The van der Waals surface area contributed by atoms with Crippen LogP contribution in [0.5, 0.6) is 0 Å². The first kappa shape index (κ1) is 10.9. The van der Waals surface area contributed by atoms with Crippen LogP contribution < -0.4 is 0 Å². The normalized spacial score (nSPS) is 12.0. The van der Waals surface area contributed by atoms with Crippen molar-refractivity contribution < 1.29 is 0 Å². The van der Waals surface area contributed by atoms with Crippen molar-refractivity contribution in [3.05, 3.63) is 6.42 Å². The average molecular weight is 203 g/mol. The van der Waals surface area contributed by atoms with Crippen LogP contribution in [0.15, 0.2) is 0 Å². The molecular formula is C7H12Cl3. The lowest BCUT2D eigenvalue weighted by molar-refractivity contribution is 0.704. The Kier molecular flexibility index (Phi) is 5.99. The lowest BCUT2D eigenvalue weighted by atomic mass is 10.2. The maximum Gasteiger partial charge on any atom is 0.193 e. The number of alkyl halides is 3. The predicted molar refractivity (Wildman–Crippen MR) is 48.7 cm³/mol. The minimum atomic E-state index is -1.16. The summed E-state index contributed by atoms with van der Waals surface area (Å²) in [6, 6.07) is 0. The minimum absolute atomic E-state index is 0.893. The molecule has 0 amide bonds. The average Bonchev–Trinajstić information content (AvgIpc) is 1.78. The quantitative estimate of drug-likeness (QED) is 0.475. The summed E-state index contributed by atoms with van der Waals surface area (Å²) < 4.78 is -1.16. The lowest BCUT2D eigenvalue weighted by Crippen LogP contribution is -2.01. The topological polar surface area (TPSA) is 0 Å². The molecule has 0 saturated heterocycles. The summed E-state index contributed by atoms with van der Waals surface area (Å²) in [5, 5.41) is 0.